The molecule has 124 valence electrons. The first-order chi connectivity index (χ1) is 12.2. The van der Waals surface area contributed by atoms with Crippen LogP contribution < -0.4 is 4.74 Å². The molecule has 1 aliphatic heterocycles. The number of pyridine rings is 1. The molecule has 1 unspecified atom stereocenters. The van der Waals surface area contributed by atoms with E-state index in [-0.39, 0.29) is 12.0 Å². The largest absolute Gasteiger partial charge is 0.472 e. The van der Waals surface area contributed by atoms with Gasteiger partial charge in [0.2, 0.25) is 5.88 Å². The number of amides is 1. The summed E-state index contributed by atoms with van der Waals surface area (Å²) in [7, 11) is 0. The molecule has 1 saturated heterocycles. The van der Waals surface area contributed by atoms with Crippen molar-refractivity contribution in [2.24, 2.45) is 0 Å². The Balaban J connectivity index is 1.44. The fourth-order valence-electron chi connectivity index (χ4n) is 2.82. The lowest BCUT2D eigenvalue weighted by Crippen LogP contribution is -2.30. The van der Waals surface area contributed by atoms with Gasteiger partial charge < -0.3 is 9.64 Å². The minimum absolute atomic E-state index is 0.0639. The monoisotopic (exact) mass is 350 g/mol. The molecule has 1 aromatic carbocycles. The van der Waals surface area contributed by atoms with Crippen molar-refractivity contribution >= 4 is 27.5 Å². The number of benzene rings is 1. The third kappa shape index (κ3) is 3.16. The van der Waals surface area contributed by atoms with Gasteiger partial charge in [0.25, 0.3) is 5.91 Å². The second kappa shape index (κ2) is 6.49. The molecule has 1 atom stereocenters. The van der Waals surface area contributed by atoms with Crippen LogP contribution in [0.2, 0.25) is 0 Å². The summed E-state index contributed by atoms with van der Waals surface area (Å²) in [5, 5.41) is 9.44. The van der Waals surface area contributed by atoms with Gasteiger partial charge in [0.15, 0.2) is 5.01 Å². The second-order valence-corrected chi connectivity index (χ2v) is 6.79. The number of rotatable bonds is 3. The van der Waals surface area contributed by atoms with Crippen LogP contribution in [0.3, 0.4) is 0 Å². The van der Waals surface area contributed by atoms with Gasteiger partial charge in [-0.1, -0.05) is 12.1 Å². The van der Waals surface area contributed by atoms with Gasteiger partial charge in [0.05, 0.1) is 28.4 Å². The lowest BCUT2D eigenvalue weighted by Gasteiger charge is -2.15. The molecular weight excluding hydrogens is 336 g/mol. The van der Waals surface area contributed by atoms with Crippen molar-refractivity contribution in [1.29, 1.82) is 5.26 Å². The van der Waals surface area contributed by atoms with Crippen LogP contribution in [0.4, 0.5) is 0 Å². The second-order valence-electron chi connectivity index (χ2n) is 5.76. The van der Waals surface area contributed by atoms with Crippen LogP contribution in [0.1, 0.15) is 21.8 Å². The van der Waals surface area contributed by atoms with Crippen molar-refractivity contribution in [1.82, 2.24) is 14.9 Å². The molecule has 1 fully saturated rings. The Morgan fingerprint density at radius 1 is 1.36 bits per heavy atom. The molecule has 1 amide bonds. The highest BCUT2D eigenvalue weighted by molar-refractivity contribution is 7.20. The van der Waals surface area contributed by atoms with E-state index < -0.39 is 0 Å². The maximum absolute atomic E-state index is 12.7. The molecule has 0 spiro atoms. The number of hydrogen-bond donors (Lipinski definition) is 0. The number of aromatic nitrogens is 2. The number of nitrogens with zero attached hydrogens (tertiary/aromatic N) is 4. The fourth-order valence-corrected chi connectivity index (χ4v) is 3.76. The third-order valence-electron chi connectivity index (χ3n) is 4.06. The number of carbonyl (C=O) groups is 1. The smallest absolute Gasteiger partial charge is 0.283 e. The van der Waals surface area contributed by atoms with Crippen molar-refractivity contribution in [3.63, 3.8) is 0 Å². The summed E-state index contributed by atoms with van der Waals surface area (Å²) in [6.07, 6.45) is 2.15. The molecule has 1 aliphatic rings. The predicted octanol–water partition coefficient (Wildman–Crippen LogP) is 2.86. The van der Waals surface area contributed by atoms with Gasteiger partial charge in [-0.05, 0) is 18.2 Å². The Morgan fingerprint density at radius 2 is 2.24 bits per heavy atom. The number of fused-ring (bicyclic) bond motifs is 1. The minimum atomic E-state index is -0.125. The number of ether oxygens (including phenoxy) is 1. The van der Waals surface area contributed by atoms with E-state index in [0.29, 0.717) is 29.5 Å². The van der Waals surface area contributed by atoms with Crippen molar-refractivity contribution in [3.8, 4) is 11.9 Å². The van der Waals surface area contributed by atoms with Gasteiger partial charge in [0.1, 0.15) is 6.10 Å². The van der Waals surface area contributed by atoms with Crippen LogP contribution in [-0.4, -0.2) is 40.0 Å². The Kier molecular flexibility index (Phi) is 4.04. The predicted molar refractivity (Wildman–Crippen MR) is 93.5 cm³/mol. The maximum Gasteiger partial charge on any atom is 0.283 e. The topological polar surface area (TPSA) is 79.1 Å². The SMILES string of the molecule is N#Cc1ccnc(OC2CCN(C(=O)c3nc4ccccc4s3)C2)c1. The molecule has 0 bridgehead atoms. The van der Waals surface area contributed by atoms with Gasteiger partial charge in [-0.3, -0.25) is 4.79 Å². The first kappa shape index (κ1) is 15.5. The van der Waals surface area contributed by atoms with Crippen LogP contribution in [0.15, 0.2) is 42.6 Å². The Bertz CT molecular complexity index is 945. The van der Waals surface area contributed by atoms with Crippen molar-refractivity contribution in [2.45, 2.75) is 12.5 Å². The van der Waals surface area contributed by atoms with E-state index in [1.807, 2.05) is 24.3 Å². The Labute approximate surface area is 148 Å². The van der Waals surface area contributed by atoms with Crippen LogP contribution in [0, 0.1) is 11.3 Å². The summed E-state index contributed by atoms with van der Waals surface area (Å²) in [5.41, 5.74) is 1.35. The van der Waals surface area contributed by atoms with E-state index in [9.17, 15) is 4.79 Å². The minimum Gasteiger partial charge on any atom is -0.472 e. The summed E-state index contributed by atoms with van der Waals surface area (Å²) < 4.78 is 6.83. The molecule has 0 saturated carbocycles. The lowest BCUT2D eigenvalue weighted by molar-refractivity contribution is 0.0771. The van der Waals surface area contributed by atoms with E-state index in [2.05, 4.69) is 16.0 Å². The molecule has 6 nitrogen and oxygen atoms in total. The van der Waals surface area contributed by atoms with Crippen LogP contribution in [-0.2, 0) is 0 Å². The zero-order chi connectivity index (χ0) is 17.2. The summed E-state index contributed by atoms with van der Waals surface area (Å²) in [4.78, 5) is 23.0. The lowest BCUT2D eigenvalue weighted by atomic mass is 10.3. The van der Waals surface area contributed by atoms with Gasteiger partial charge in [-0.2, -0.15) is 5.26 Å². The van der Waals surface area contributed by atoms with Gasteiger partial charge >= 0.3 is 0 Å². The standard InChI is InChI=1S/C18H14N4O2S/c19-10-12-5-7-20-16(9-12)24-13-6-8-22(11-13)18(23)17-21-14-3-1-2-4-15(14)25-17/h1-5,7,9,13H,6,8,11H2. The number of thiazole rings is 1. The number of nitriles is 1. The first-order valence-electron chi connectivity index (χ1n) is 7.90. The Morgan fingerprint density at radius 3 is 3.08 bits per heavy atom. The highest BCUT2D eigenvalue weighted by Crippen LogP contribution is 2.25. The van der Waals surface area contributed by atoms with Gasteiger partial charge in [-0.25, -0.2) is 9.97 Å². The molecule has 4 rings (SSSR count). The molecule has 0 aliphatic carbocycles. The molecule has 3 heterocycles. The number of carbonyl (C=O) groups excluding carboxylic acids is 1. The molecule has 0 radical (unpaired) electrons. The van der Waals surface area contributed by atoms with Gasteiger partial charge in [0, 0.05) is 25.2 Å². The fraction of sp³-hybridized carbons (Fsp3) is 0.222. The number of likely N-dealkylation sites (tertiary alicyclic amines) is 1. The summed E-state index contributed by atoms with van der Waals surface area (Å²) in [5.74, 6) is 0.351. The molecular formula is C18H14N4O2S. The van der Waals surface area contributed by atoms with Crippen molar-refractivity contribution in [2.75, 3.05) is 13.1 Å². The van der Waals surface area contributed by atoms with Crippen molar-refractivity contribution in [3.05, 3.63) is 53.2 Å². The number of para-hydroxylation sites is 1. The van der Waals surface area contributed by atoms with E-state index in [1.54, 1.807) is 23.2 Å². The van der Waals surface area contributed by atoms with Crippen LogP contribution in [0.25, 0.3) is 10.2 Å². The summed E-state index contributed by atoms with van der Waals surface area (Å²) >= 11 is 1.41. The quantitative estimate of drug-likeness (QED) is 0.726. The van der Waals surface area contributed by atoms with Crippen LogP contribution in [0.5, 0.6) is 5.88 Å². The summed E-state index contributed by atoms with van der Waals surface area (Å²) in [6.45, 7) is 1.12. The van der Waals surface area contributed by atoms with Gasteiger partial charge in [-0.15, -0.1) is 11.3 Å². The zero-order valence-electron chi connectivity index (χ0n) is 13.3. The molecule has 2 aromatic heterocycles. The molecule has 0 N–H and O–H groups in total. The highest BCUT2D eigenvalue weighted by atomic mass is 32.1. The van der Waals surface area contributed by atoms with E-state index in [0.717, 1.165) is 16.6 Å². The first-order valence-corrected chi connectivity index (χ1v) is 8.72. The third-order valence-corrected chi connectivity index (χ3v) is 5.08. The van der Waals surface area contributed by atoms with E-state index >= 15 is 0 Å². The molecule has 7 heteroatoms. The highest BCUT2D eigenvalue weighted by Gasteiger charge is 2.30. The zero-order valence-corrected chi connectivity index (χ0v) is 14.1. The average molecular weight is 350 g/mol. The average Bonchev–Trinajstić information content (AvgIpc) is 3.28. The normalized spacial score (nSPS) is 16.8. The van der Waals surface area contributed by atoms with E-state index in [4.69, 9.17) is 10.00 Å². The maximum atomic E-state index is 12.7. The van der Waals surface area contributed by atoms with E-state index in [1.165, 1.54) is 11.3 Å². The molecule has 3 aromatic rings. The van der Waals surface area contributed by atoms with Crippen LogP contribution >= 0.6 is 11.3 Å². The Hall–Kier alpha value is -2.98. The molecule has 25 heavy (non-hydrogen) atoms. The number of hydrogen-bond acceptors (Lipinski definition) is 6. The van der Waals surface area contributed by atoms with Crippen molar-refractivity contribution < 1.29 is 9.53 Å². The summed E-state index contributed by atoms with van der Waals surface area (Å²) in [6, 6.07) is 13.0.